The molecule has 34 heavy (non-hydrogen) atoms. The lowest BCUT2D eigenvalue weighted by Crippen LogP contribution is -2.55. The molecular weight excluding hydrogens is 446 g/mol. The molecule has 2 saturated carbocycles. The third-order valence-electron chi connectivity index (χ3n) is 9.67. The maximum atomic E-state index is 12.7. The zero-order valence-corrected chi connectivity index (χ0v) is 21.0. The number of fused-ring (bicyclic) bond motifs is 4. The molecule has 0 spiro atoms. The zero-order valence-electron chi connectivity index (χ0n) is 20.2. The van der Waals surface area contributed by atoms with Crippen molar-refractivity contribution in [3.05, 3.63) is 62.7 Å². The molecule has 0 aliphatic heterocycles. The highest BCUT2D eigenvalue weighted by Gasteiger charge is 2.69. The molecule has 1 aromatic carbocycles. The van der Waals surface area contributed by atoms with Crippen molar-refractivity contribution in [1.82, 2.24) is 0 Å². The number of nitro groups is 1. The SMILES string of the molecule is CSc1ccc([C@H]2C[C@@]3(C)[C@@H](CC[C@]3(CCCO)[N+](=O)[O-])[C@@H]3CCC4=CC(=O)CCC4=C32)cc1. The first-order valence-corrected chi connectivity index (χ1v) is 13.9. The van der Waals surface area contributed by atoms with Gasteiger partial charge in [-0.3, -0.25) is 14.9 Å². The number of allylic oxidation sites excluding steroid dienone is 4. The van der Waals surface area contributed by atoms with Gasteiger partial charge in [-0.1, -0.05) is 24.6 Å². The minimum absolute atomic E-state index is 0.00315. The van der Waals surface area contributed by atoms with Crippen LogP contribution in [0.2, 0.25) is 0 Å². The molecule has 2 fully saturated rings. The Labute approximate surface area is 206 Å². The summed E-state index contributed by atoms with van der Waals surface area (Å²) in [5.41, 5.74) is 3.92. The number of aliphatic hydroxyl groups excluding tert-OH is 1. The summed E-state index contributed by atoms with van der Waals surface area (Å²) in [6.45, 7) is 2.18. The molecule has 5 atom stereocenters. The van der Waals surface area contributed by atoms with Gasteiger partial charge in [0.15, 0.2) is 5.78 Å². The van der Waals surface area contributed by atoms with Crippen molar-refractivity contribution in [2.45, 2.75) is 81.1 Å². The van der Waals surface area contributed by atoms with Crippen molar-refractivity contribution in [2.75, 3.05) is 12.9 Å². The molecule has 0 amide bonds. The number of nitrogens with zero attached hydrogens (tertiary/aromatic N) is 1. The van der Waals surface area contributed by atoms with E-state index in [9.17, 15) is 20.0 Å². The Hall–Kier alpha value is -1.92. The van der Waals surface area contributed by atoms with Gasteiger partial charge in [-0.05, 0) is 91.5 Å². The number of carbonyl (C=O) groups excluding carboxylic acids is 1. The quantitative estimate of drug-likeness (QED) is 0.302. The summed E-state index contributed by atoms with van der Waals surface area (Å²) in [6, 6.07) is 8.76. The van der Waals surface area contributed by atoms with E-state index >= 15 is 0 Å². The fourth-order valence-corrected chi connectivity index (χ4v) is 8.47. The van der Waals surface area contributed by atoms with E-state index in [4.69, 9.17) is 0 Å². The average Bonchev–Trinajstić information content (AvgIpc) is 3.14. The van der Waals surface area contributed by atoms with Crippen molar-refractivity contribution in [2.24, 2.45) is 17.3 Å². The molecule has 1 N–H and O–H groups in total. The maximum absolute atomic E-state index is 12.7. The van der Waals surface area contributed by atoms with Crippen LogP contribution >= 0.6 is 11.8 Å². The predicted octanol–water partition coefficient (Wildman–Crippen LogP) is 6.10. The Balaban J connectivity index is 1.67. The van der Waals surface area contributed by atoms with Crippen LogP contribution < -0.4 is 0 Å². The molecule has 4 aliphatic rings. The van der Waals surface area contributed by atoms with Crippen LogP contribution in [0, 0.1) is 27.4 Å². The van der Waals surface area contributed by atoms with Gasteiger partial charge < -0.3 is 5.11 Å². The number of rotatable bonds is 6. The molecule has 4 aliphatic carbocycles. The highest BCUT2D eigenvalue weighted by Crippen LogP contribution is 2.68. The first-order chi connectivity index (χ1) is 16.3. The highest BCUT2D eigenvalue weighted by atomic mass is 32.2. The fourth-order valence-electron chi connectivity index (χ4n) is 8.06. The van der Waals surface area contributed by atoms with Crippen LogP contribution in [0.5, 0.6) is 0 Å². The van der Waals surface area contributed by atoms with E-state index in [0.29, 0.717) is 31.6 Å². The lowest BCUT2D eigenvalue weighted by Gasteiger charge is -2.53. The second-order valence-corrected chi connectivity index (χ2v) is 11.8. The van der Waals surface area contributed by atoms with Crippen molar-refractivity contribution in [1.29, 1.82) is 0 Å². The lowest BCUT2D eigenvalue weighted by atomic mass is 9.50. The molecule has 182 valence electrons. The summed E-state index contributed by atoms with van der Waals surface area (Å²) in [6.07, 6.45) is 10.4. The molecule has 0 aromatic heterocycles. The van der Waals surface area contributed by atoms with Crippen molar-refractivity contribution in [3.8, 4) is 0 Å². The van der Waals surface area contributed by atoms with Gasteiger partial charge in [-0.25, -0.2) is 0 Å². The lowest BCUT2D eigenvalue weighted by molar-refractivity contribution is -0.591. The normalized spacial score (nSPS) is 34.9. The zero-order chi connectivity index (χ0) is 24.1. The number of aliphatic hydroxyl groups is 1. The second-order valence-electron chi connectivity index (χ2n) is 10.9. The summed E-state index contributed by atoms with van der Waals surface area (Å²) >= 11 is 1.72. The molecule has 5 rings (SSSR count). The van der Waals surface area contributed by atoms with Crippen molar-refractivity contribution in [3.63, 3.8) is 0 Å². The summed E-state index contributed by atoms with van der Waals surface area (Å²) in [7, 11) is 0. The monoisotopic (exact) mass is 481 g/mol. The Morgan fingerprint density at radius 2 is 1.94 bits per heavy atom. The number of hydrogen-bond donors (Lipinski definition) is 1. The molecule has 0 saturated heterocycles. The number of ketones is 1. The summed E-state index contributed by atoms with van der Waals surface area (Å²) in [5, 5.41) is 22.3. The third-order valence-corrected chi connectivity index (χ3v) is 10.4. The largest absolute Gasteiger partial charge is 0.396 e. The fraction of sp³-hybridized carbons (Fsp3) is 0.607. The van der Waals surface area contributed by atoms with Crippen LogP contribution in [0.25, 0.3) is 0 Å². The first-order valence-electron chi connectivity index (χ1n) is 12.7. The molecule has 6 heteroatoms. The summed E-state index contributed by atoms with van der Waals surface area (Å²) < 4.78 is 0. The van der Waals surface area contributed by atoms with Gasteiger partial charge >= 0.3 is 0 Å². The molecule has 1 aromatic rings. The Morgan fingerprint density at radius 3 is 2.62 bits per heavy atom. The molecule has 0 radical (unpaired) electrons. The van der Waals surface area contributed by atoms with Crippen LogP contribution in [0.3, 0.4) is 0 Å². The predicted molar refractivity (Wildman–Crippen MR) is 135 cm³/mol. The van der Waals surface area contributed by atoms with Gasteiger partial charge in [0, 0.05) is 47.0 Å². The number of hydrogen-bond acceptors (Lipinski definition) is 5. The van der Waals surface area contributed by atoms with E-state index in [1.54, 1.807) is 11.8 Å². The molecular formula is C28H35NO4S. The topological polar surface area (TPSA) is 80.4 Å². The Morgan fingerprint density at radius 1 is 1.18 bits per heavy atom. The molecule has 0 heterocycles. The standard InChI is InChI=1S/C28H35NO4S/c1-27-17-24(18-4-8-21(34-2)9-5-18)26-22-11-7-20(31)16-19(22)6-10-23(26)25(27)12-14-28(27,29(32)33)13-3-15-30/h4-5,8-9,16,23-25,30H,3,6-7,10-15,17H2,1-2H3/t23-,24+,25-,27-,28-/m0/s1. The van der Waals surface area contributed by atoms with Crippen LogP contribution in [0.4, 0.5) is 0 Å². The van der Waals surface area contributed by atoms with Gasteiger partial charge in [-0.2, -0.15) is 0 Å². The van der Waals surface area contributed by atoms with Crippen LogP contribution in [-0.2, 0) is 4.79 Å². The third kappa shape index (κ3) is 3.51. The van der Waals surface area contributed by atoms with Crippen LogP contribution in [0.15, 0.2) is 52.0 Å². The molecule has 5 nitrogen and oxygen atoms in total. The van der Waals surface area contributed by atoms with Gasteiger partial charge in [0.1, 0.15) is 0 Å². The van der Waals surface area contributed by atoms with Gasteiger partial charge in [0.05, 0.1) is 0 Å². The minimum Gasteiger partial charge on any atom is -0.396 e. The van der Waals surface area contributed by atoms with Crippen LogP contribution in [-0.4, -0.2) is 34.2 Å². The minimum atomic E-state index is -0.979. The van der Waals surface area contributed by atoms with Crippen molar-refractivity contribution >= 4 is 17.5 Å². The van der Waals surface area contributed by atoms with E-state index < -0.39 is 11.0 Å². The molecule has 0 unspecified atom stereocenters. The number of thioether (sulfide) groups is 1. The Bertz CT molecular complexity index is 1060. The summed E-state index contributed by atoms with van der Waals surface area (Å²) in [5.74, 6) is 0.984. The van der Waals surface area contributed by atoms with Crippen molar-refractivity contribution < 1.29 is 14.8 Å². The smallest absolute Gasteiger partial charge is 0.227 e. The van der Waals surface area contributed by atoms with E-state index in [-0.39, 0.29) is 29.1 Å². The van der Waals surface area contributed by atoms with Crippen LogP contribution in [0.1, 0.15) is 76.2 Å². The number of benzene rings is 1. The molecule has 0 bridgehead atoms. The van der Waals surface area contributed by atoms with E-state index in [1.807, 2.05) is 6.08 Å². The maximum Gasteiger partial charge on any atom is 0.227 e. The summed E-state index contributed by atoms with van der Waals surface area (Å²) in [4.78, 5) is 26.1. The Kier molecular flexibility index (Phi) is 6.26. The van der Waals surface area contributed by atoms with E-state index in [2.05, 4.69) is 37.4 Å². The van der Waals surface area contributed by atoms with E-state index in [1.165, 1.54) is 27.2 Å². The highest BCUT2D eigenvalue weighted by molar-refractivity contribution is 7.98. The first kappa shape index (κ1) is 23.8. The van der Waals surface area contributed by atoms with Gasteiger partial charge in [0.2, 0.25) is 5.54 Å². The number of carbonyl (C=O) groups is 1. The van der Waals surface area contributed by atoms with Gasteiger partial charge in [0.25, 0.3) is 0 Å². The second kappa shape index (κ2) is 8.94. The van der Waals surface area contributed by atoms with Gasteiger partial charge in [-0.15, -0.1) is 11.8 Å². The average molecular weight is 482 g/mol. The van der Waals surface area contributed by atoms with E-state index in [0.717, 1.165) is 32.1 Å².